The first kappa shape index (κ1) is 20.8. The van der Waals surface area contributed by atoms with Crippen LogP contribution >= 0.6 is 11.6 Å². The summed E-state index contributed by atoms with van der Waals surface area (Å²) in [5.74, 6) is -0.315. The number of amides is 2. The Morgan fingerprint density at radius 1 is 1.07 bits per heavy atom. The van der Waals surface area contributed by atoms with Crippen molar-refractivity contribution in [2.75, 3.05) is 23.3 Å². The molecule has 0 unspecified atom stereocenters. The van der Waals surface area contributed by atoms with Gasteiger partial charge in [0, 0.05) is 35.9 Å². The molecule has 0 aromatic heterocycles. The summed E-state index contributed by atoms with van der Waals surface area (Å²) in [6.45, 7) is 0.942. The average molecular weight is 448 g/mol. The van der Waals surface area contributed by atoms with E-state index in [-0.39, 0.29) is 23.3 Å². The fraction of sp³-hybridized carbons (Fsp3) is 0.333. The maximum atomic E-state index is 13.0. The van der Waals surface area contributed by atoms with Gasteiger partial charge in [-0.3, -0.25) is 9.59 Å². The minimum Gasteiger partial charge on any atom is -0.325 e. The Morgan fingerprint density at radius 3 is 2.53 bits per heavy atom. The highest BCUT2D eigenvalue weighted by atomic mass is 35.5. The summed E-state index contributed by atoms with van der Waals surface area (Å²) in [7, 11) is -3.81. The van der Waals surface area contributed by atoms with Gasteiger partial charge in [-0.25, -0.2) is 8.42 Å². The Kier molecular flexibility index (Phi) is 5.81. The highest BCUT2D eigenvalue weighted by Crippen LogP contribution is 2.29. The van der Waals surface area contributed by atoms with Crippen LogP contribution in [0.2, 0.25) is 5.02 Å². The Labute approximate surface area is 180 Å². The van der Waals surface area contributed by atoms with Crippen LogP contribution in [0.25, 0.3) is 0 Å². The van der Waals surface area contributed by atoms with Crippen LogP contribution in [0.15, 0.2) is 53.4 Å². The van der Waals surface area contributed by atoms with Crippen LogP contribution in [-0.4, -0.2) is 43.7 Å². The van der Waals surface area contributed by atoms with Crippen molar-refractivity contribution in [1.82, 2.24) is 4.31 Å². The summed E-state index contributed by atoms with van der Waals surface area (Å²) in [6.07, 6.45) is 2.39. The van der Waals surface area contributed by atoms with Crippen molar-refractivity contribution in [3.8, 4) is 0 Å². The fourth-order valence-electron chi connectivity index (χ4n) is 3.93. The smallest absolute Gasteiger partial charge is 0.243 e. The van der Waals surface area contributed by atoms with E-state index in [2.05, 4.69) is 5.32 Å². The topological polar surface area (TPSA) is 86.8 Å². The van der Waals surface area contributed by atoms with Crippen LogP contribution in [0.4, 0.5) is 11.4 Å². The largest absolute Gasteiger partial charge is 0.325 e. The van der Waals surface area contributed by atoms with Crippen LogP contribution in [-0.2, 0) is 19.6 Å². The SMILES string of the molecule is O=C(Nc1cccc(N2CCCC2=O)c1)[C@@H]1CCCN1S(=O)(=O)c1ccc(Cl)cc1. The number of nitrogens with one attached hydrogen (secondary N) is 1. The summed E-state index contributed by atoms with van der Waals surface area (Å²) in [5, 5.41) is 3.27. The number of carbonyl (C=O) groups is 2. The molecular formula is C21H22ClN3O4S. The molecule has 2 aliphatic rings. The molecular weight excluding hydrogens is 426 g/mol. The third-order valence-electron chi connectivity index (χ3n) is 5.43. The lowest BCUT2D eigenvalue weighted by molar-refractivity contribution is -0.119. The average Bonchev–Trinajstić information content (AvgIpc) is 3.38. The van der Waals surface area contributed by atoms with Crippen molar-refractivity contribution in [3.05, 3.63) is 53.6 Å². The van der Waals surface area contributed by atoms with Crippen LogP contribution < -0.4 is 10.2 Å². The number of rotatable bonds is 5. The Balaban J connectivity index is 1.52. The lowest BCUT2D eigenvalue weighted by atomic mass is 10.2. The number of halogens is 1. The van der Waals surface area contributed by atoms with E-state index in [9.17, 15) is 18.0 Å². The van der Waals surface area contributed by atoms with E-state index >= 15 is 0 Å². The first-order valence-corrected chi connectivity index (χ1v) is 11.7. The van der Waals surface area contributed by atoms with Crippen molar-refractivity contribution < 1.29 is 18.0 Å². The monoisotopic (exact) mass is 447 g/mol. The normalized spacial score (nSPS) is 20.0. The molecule has 0 aliphatic carbocycles. The van der Waals surface area contributed by atoms with Gasteiger partial charge in [0.15, 0.2) is 0 Å². The number of benzene rings is 2. The van der Waals surface area contributed by atoms with Gasteiger partial charge < -0.3 is 10.2 Å². The fourth-order valence-corrected chi connectivity index (χ4v) is 5.71. The summed E-state index contributed by atoms with van der Waals surface area (Å²) in [4.78, 5) is 26.7. The van der Waals surface area contributed by atoms with E-state index in [1.807, 2.05) is 6.07 Å². The van der Waals surface area contributed by atoms with Gasteiger partial charge in [-0.05, 0) is 61.7 Å². The molecule has 2 aromatic rings. The zero-order valence-corrected chi connectivity index (χ0v) is 17.8. The first-order chi connectivity index (χ1) is 14.4. The van der Waals surface area contributed by atoms with Gasteiger partial charge in [0.25, 0.3) is 0 Å². The van der Waals surface area contributed by atoms with E-state index in [1.54, 1.807) is 23.1 Å². The molecule has 0 radical (unpaired) electrons. The summed E-state index contributed by atoms with van der Waals surface area (Å²) in [5.41, 5.74) is 1.26. The lowest BCUT2D eigenvalue weighted by Crippen LogP contribution is -2.43. The van der Waals surface area contributed by atoms with Gasteiger partial charge in [0.1, 0.15) is 6.04 Å². The predicted molar refractivity (Wildman–Crippen MR) is 115 cm³/mol. The van der Waals surface area contributed by atoms with E-state index in [1.165, 1.54) is 28.6 Å². The molecule has 9 heteroatoms. The summed E-state index contributed by atoms with van der Waals surface area (Å²) in [6, 6.07) is 12.2. The van der Waals surface area contributed by atoms with Gasteiger partial charge in [0.2, 0.25) is 21.8 Å². The predicted octanol–water partition coefficient (Wildman–Crippen LogP) is 3.26. The van der Waals surface area contributed by atoms with Crippen molar-refractivity contribution in [3.63, 3.8) is 0 Å². The van der Waals surface area contributed by atoms with Gasteiger partial charge in [-0.15, -0.1) is 0 Å². The van der Waals surface area contributed by atoms with Crippen molar-refractivity contribution in [2.45, 2.75) is 36.6 Å². The molecule has 30 heavy (non-hydrogen) atoms. The molecule has 2 aromatic carbocycles. The molecule has 1 atom stereocenters. The second-order valence-corrected chi connectivity index (χ2v) is 9.74. The number of carbonyl (C=O) groups excluding carboxylic acids is 2. The van der Waals surface area contributed by atoms with E-state index in [0.29, 0.717) is 36.5 Å². The zero-order chi connectivity index (χ0) is 21.3. The van der Waals surface area contributed by atoms with Gasteiger partial charge in [0.05, 0.1) is 4.90 Å². The van der Waals surface area contributed by atoms with E-state index in [0.717, 1.165) is 12.1 Å². The second kappa shape index (κ2) is 8.37. The molecule has 0 bridgehead atoms. The molecule has 0 spiro atoms. The van der Waals surface area contributed by atoms with Gasteiger partial charge in [-0.2, -0.15) is 4.31 Å². The van der Waals surface area contributed by atoms with Crippen LogP contribution in [0.1, 0.15) is 25.7 Å². The number of sulfonamides is 1. The molecule has 2 amide bonds. The molecule has 2 saturated heterocycles. The third-order valence-corrected chi connectivity index (χ3v) is 7.60. The number of hydrogen-bond donors (Lipinski definition) is 1. The highest BCUT2D eigenvalue weighted by Gasteiger charge is 2.39. The van der Waals surface area contributed by atoms with E-state index < -0.39 is 16.1 Å². The molecule has 158 valence electrons. The molecule has 4 rings (SSSR count). The molecule has 0 saturated carbocycles. The van der Waals surface area contributed by atoms with Crippen LogP contribution in [0, 0.1) is 0 Å². The van der Waals surface area contributed by atoms with Crippen molar-refractivity contribution in [1.29, 1.82) is 0 Å². The van der Waals surface area contributed by atoms with Gasteiger partial charge in [-0.1, -0.05) is 17.7 Å². The molecule has 7 nitrogen and oxygen atoms in total. The Morgan fingerprint density at radius 2 is 1.83 bits per heavy atom. The zero-order valence-electron chi connectivity index (χ0n) is 16.3. The summed E-state index contributed by atoms with van der Waals surface area (Å²) < 4.78 is 27.3. The Bertz CT molecular complexity index is 1070. The quantitative estimate of drug-likeness (QED) is 0.762. The van der Waals surface area contributed by atoms with E-state index in [4.69, 9.17) is 11.6 Å². The Hall–Kier alpha value is -2.42. The van der Waals surface area contributed by atoms with Crippen molar-refractivity contribution >= 4 is 44.8 Å². The molecule has 2 heterocycles. The minimum atomic E-state index is -3.81. The number of nitrogens with zero attached hydrogens (tertiary/aromatic N) is 2. The minimum absolute atomic E-state index is 0.0644. The summed E-state index contributed by atoms with van der Waals surface area (Å²) >= 11 is 5.86. The first-order valence-electron chi connectivity index (χ1n) is 9.85. The molecule has 2 aliphatic heterocycles. The molecule has 2 fully saturated rings. The van der Waals surface area contributed by atoms with Crippen LogP contribution in [0.5, 0.6) is 0 Å². The highest BCUT2D eigenvalue weighted by molar-refractivity contribution is 7.89. The number of hydrogen-bond acceptors (Lipinski definition) is 4. The standard InChI is InChI=1S/C21H22ClN3O4S/c22-15-8-10-18(11-9-15)30(28,29)25-13-2-6-19(25)21(27)23-16-4-1-5-17(14-16)24-12-3-7-20(24)26/h1,4-5,8-11,14,19H,2-3,6-7,12-13H2,(H,23,27)/t19-/m0/s1. The third kappa shape index (κ3) is 4.08. The maximum Gasteiger partial charge on any atom is 0.243 e. The number of anilines is 2. The van der Waals surface area contributed by atoms with Gasteiger partial charge >= 0.3 is 0 Å². The van der Waals surface area contributed by atoms with Crippen molar-refractivity contribution in [2.24, 2.45) is 0 Å². The lowest BCUT2D eigenvalue weighted by Gasteiger charge is -2.24. The maximum absolute atomic E-state index is 13.0. The van der Waals surface area contributed by atoms with Crippen LogP contribution in [0.3, 0.4) is 0 Å². The molecule has 1 N–H and O–H groups in total. The second-order valence-electron chi connectivity index (χ2n) is 7.42.